The van der Waals surface area contributed by atoms with Gasteiger partial charge in [-0.2, -0.15) is 0 Å². The Bertz CT molecular complexity index is 610. The second-order valence-electron chi connectivity index (χ2n) is 5.66. The van der Waals surface area contributed by atoms with Crippen LogP contribution in [0.3, 0.4) is 0 Å². The molecule has 21 heavy (non-hydrogen) atoms. The molecule has 0 saturated carbocycles. The summed E-state index contributed by atoms with van der Waals surface area (Å²) >= 11 is 6.24. The molecule has 0 saturated heterocycles. The van der Waals surface area contributed by atoms with Crippen LogP contribution in [0.2, 0.25) is 5.02 Å². The van der Waals surface area contributed by atoms with Crippen LogP contribution >= 0.6 is 11.6 Å². The van der Waals surface area contributed by atoms with Gasteiger partial charge in [0.2, 0.25) is 0 Å². The maximum Gasteiger partial charge on any atom is 0.0471 e. The highest BCUT2D eigenvalue weighted by molar-refractivity contribution is 6.31. The van der Waals surface area contributed by atoms with E-state index in [1.165, 1.54) is 16.7 Å². The van der Waals surface area contributed by atoms with Crippen molar-refractivity contribution in [2.75, 3.05) is 13.6 Å². The van der Waals surface area contributed by atoms with E-state index in [1.807, 2.05) is 13.0 Å². The Morgan fingerprint density at radius 2 is 1.90 bits per heavy atom. The van der Waals surface area contributed by atoms with E-state index in [1.54, 1.807) is 0 Å². The lowest BCUT2D eigenvalue weighted by molar-refractivity contribution is 0.242. The summed E-state index contributed by atoms with van der Waals surface area (Å²) in [7, 11) is 2.10. The molecule has 2 rings (SSSR count). The maximum atomic E-state index is 6.24. The highest BCUT2D eigenvalue weighted by atomic mass is 35.5. The lowest BCUT2D eigenvalue weighted by Crippen LogP contribution is -2.30. The minimum atomic E-state index is 0.170. The monoisotopic (exact) mass is 302 g/mol. The molecular formula is C18H23ClN2. The van der Waals surface area contributed by atoms with Gasteiger partial charge >= 0.3 is 0 Å². The molecule has 2 nitrogen and oxygen atoms in total. The molecule has 0 aromatic heterocycles. The highest BCUT2D eigenvalue weighted by Gasteiger charge is 2.16. The normalized spacial score (nSPS) is 12.7. The molecule has 0 amide bonds. The van der Waals surface area contributed by atoms with E-state index in [2.05, 4.69) is 55.3 Å². The first-order valence-electron chi connectivity index (χ1n) is 7.23. The van der Waals surface area contributed by atoms with Crippen LogP contribution in [-0.4, -0.2) is 18.5 Å². The molecule has 3 heteroatoms. The minimum Gasteiger partial charge on any atom is -0.329 e. The van der Waals surface area contributed by atoms with Gasteiger partial charge in [-0.15, -0.1) is 0 Å². The lowest BCUT2D eigenvalue weighted by atomic mass is 10.0. The van der Waals surface area contributed by atoms with Crippen LogP contribution in [0.4, 0.5) is 0 Å². The van der Waals surface area contributed by atoms with Crippen molar-refractivity contribution in [2.24, 2.45) is 5.73 Å². The first-order valence-corrected chi connectivity index (χ1v) is 7.61. The average molecular weight is 303 g/mol. The Kier molecular flexibility index (Phi) is 5.40. The van der Waals surface area contributed by atoms with Crippen molar-refractivity contribution in [3.63, 3.8) is 0 Å². The fourth-order valence-electron chi connectivity index (χ4n) is 2.60. The fraction of sp³-hybridized carbons (Fsp3) is 0.333. The third kappa shape index (κ3) is 4.07. The molecule has 0 aliphatic rings. The summed E-state index contributed by atoms with van der Waals surface area (Å²) in [4.78, 5) is 2.27. The molecule has 2 aromatic rings. The molecule has 0 fully saturated rings. The number of hydrogen-bond acceptors (Lipinski definition) is 2. The van der Waals surface area contributed by atoms with Gasteiger partial charge in [0.25, 0.3) is 0 Å². The lowest BCUT2D eigenvalue weighted by Gasteiger charge is -2.28. The van der Waals surface area contributed by atoms with Crippen molar-refractivity contribution >= 4 is 11.6 Å². The smallest absolute Gasteiger partial charge is 0.0471 e. The Morgan fingerprint density at radius 1 is 1.14 bits per heavy atom. The summed E-state index contributed by atoms with van der Waals surface area (Å²) in [6.07, 6.45) is 0. The van der Waals surface area contributed by atoms with E-state index in [0.717, 1.165) is 17.1 Å². The van der Waals surface area contributed by atoms with E-state index in [0.29, 0.717) is 6.54 Å². The summed E-state index contributed by atoms with van der Waals surface area (Å²) in [5, 5.41) is 0.801. The van der Waals surface area contributed by atoms with Crippen molar-refractivity contribution in [1.82, 2.24) is 4.90 Å². The quantitative estimate of drug-likeness (QED) is 0.901. The predicted molar refractivity (Wildman–Crippen MR) is 90.6 cm³/mol. The number of likely N-dealkylation sites (N-methyl/N-ethyl adjacent to an activating group) is 1. The molecule has 1 unspecified atom stereocenters. The molecule has 1 atom stereocenters. The zero-order valence-corrected chi connectivity index (χ0v) is 13.7. The van der Waals surface area contributed by atoms with E-state index in [9.17, 15) is 0 Å². The summed E-state index contributed by atoms with van der Waals surface area (Å²) < 4.78 is 0. The zero-order valence-electron chi connectivity index (χ0n) is 12.9. The largest absolute Gasteiger partial charge is 0.329 e. The van der Waals surface area contributed by atoms with E-state index >= 15 is 0 Å². The van der Waals surface area contributed by atoms with Crippen molar-refractivity contribution in [3.8, 4) is 0 Å². The standard InChI is InChI=1S/C18H23ClN2/c1-13-5-4-6-15(9-13)12-21(3)18(11-20)16-8-7-14(2)17(19)10-16/h4-10,18H,11-12,20H2,1-3H3. The van der Waals surface area contributed by atoms with Gasteiger partial charge in [0.15, 0.2) is 0 Å². The van der Waals surface area contributed by atoms with Crippen LogP contribution in [0.5, 0.6) is 0 Å². The number of nitrogens with zero attached hydrogens (tertiary/aromatic N) is 1. The third-order valence-corrected chi connectivity index (χ3v) is 4.26. The molecule has 0 bridgehead atoms. The second-order valence-corrected chi connectivity index (χ2v) is 6.07. The predicted octanol–water partition coefficient (Wildman–Crippen LogP) is 4.09. The molecule has 2 N–H and O–H groups in total. The first-order chi connectivity index (χ1) is 10.0. The highest BCUT2D eigenvalue weighted by Crippen LogP contribution is 2.25. The van der Waals surface area contributed by atoms with E-state index in [-0.39, 0.29) is 6.04 Å². The Labute approximate surface area is 132 Å². The van der Waals surface area contributed by atoms with Gasteiger partial charge < -0.3 is 5.73 Å². The molecule has 0 radical (unpaired) electrons. The van der Waals surface area contributed by atoms with Gasteiger partial charge in [-0.3, -0.25) is 4.90 Å². The second kappa shape index (κ2) is 7.08. The molecule has 0 spiro atoms. The van der Waals surface area contributed by atoms with E-state index < -0.39 is 0 Å². The summed E-state index contributed by atoms with van der Waals surface area (Å²) in [5.41, 5.74) is 10.8. The fourth-order valence-corrected chi connectivity index (χ4v) is 2.78. The van der Waals surface area contributed by atoms with Crippen LogP contribution in [0.1, 0.15) is 28.3 Å². The Hall–Kier alpha value is -1.35. The number of hydrogen-bond donors (Lipinski definition) is 1. The van der Waals surface area contributed by atoms with Gasteiger partial charge in [-0.25, -0.2) is 0 Å². The maximum absolute atomic E-state index is 6.24. The molecule has 0 aliphatic heterocycles. The van der Waals surface area contributed by atoms with Crippen LogP contribution in [-0.2, 0) is 6.54 Å². The van der Waals surface area contributed by atoms with Crippen molar-refractivity contribution < 1.29 is 0 Å². The summed E-state index contributed by atoms with van der Waals surface area (Å²) in [6, 6.07) is 14.9. The third-order valence-electron chi connectivity index (χ3n) is 3.85. The molecule has 2 aromatic carbocycles. The van der Waals surface area contributed by atoms with Crippen molar-refractivity contribution in [1.29, 1.82) is 0 Å². The van der Waals surface area contributed by atoms with Gasteiger partial charge in [0.1, 0.15) is 0 Å². The summed E-state index contributed by atoms with van der Waals surface area (Å²) in [6.45, 7) is 5.57. The number of halogens is 1. The molecular weight excluding hydrogens is 280 g/mol. The SMILES string of the molecule is Cc1cccc(CN(C)C(CN)c2ccc(C)c(Cl)c2)c1. The van der Waals surface area contributed by atoms with Crippen molar-refractivity contribution in [2.45, 2.75) is 26.4 Å². The van der Waals surface area contributed by atoms with E-state index in [4.69, 9.17) is 17.3 Å². The van der Waals surface area contributed by atoms with Crippen LogP contribution in [0, 0.1) is 13.8 Å². The van der Waals surface area contributed by atoms with Crippen molar-refractivity contribution in [3.05, 3.63) is 69.7 Å². The number of nitrogens with two attached hydrogens (primary N) is 1. The zero-order chi connectivity index (χ0) is 15.4. The number of benzene rings is 2. The summed E-state index contributed by atoms with van der Waals surface area (Å²) in [5.74, 6) is 0. The molecule has 112 valence electrons. The molecule has 0 aliphatic carbocycles. The first kappa shape index (κ1) is 16.0. The Morgan fingerprint density at radius 3 is 2.52 bits per heavy atom. The minimum absolute atomic E-state index is 0.170. The van der Waals surface area contributed by atoms with Crippen LogP contribution in [0.15, 0.2) is 42.5 Å². The van der Waals surface area contributed by atoms with Crippen LogP contribution < -0.4 is 5.73 Å². The number of rotatable bonds is 5. The Balaban J connectivity index is 2.18. The number of aryl methyl sites for hydroxylation is 2. The van der Waals surface area contributed by atoms with Gasteiger partial charge in [0, 0.05) is 24.2 Å². The average Bonchev–Trinajstić information content (AvgIpc) is 2.43. The van der Waals surface area contributed by atoms with Gasteiger partial charge in [-0.1, -0.05) is 53.6 Å². The van der Waals surface area contributed by atoms with Crippen LogP contribution in [0.25, 0.3) is 0 Å². The van der Waals surface area contributed by atoms with Gasteiger partial charge in [0.05, 0.1) is 0 Å². The topological polar surface area (TPSA) is 29.3 Å². The molecule has 0 heterocycles. The van der Waals surface area contributed by atoms with Gasteiger partial charge in [-0.05, 0) is 43.7 Å².